The number of anilines is 1. The quantitative estimate of drug-likeness (QED) is 0.807. The van der Waals surface area contributed by atoms with Crippen LogP contribution in [0, 0.1) is 18.3 Å². The zero-order valence-corrected chi connectivity index (χ0v) is 12.1. The molecule has 0 heterocycles. The second-order valence-electron chi connectivity index (χ2n) is 4.91. The fourth-order valence-electron chi connectivity index (χ4n) is 2.10. The number of benzene rings is 1. The van der Waals surface area contributed by atoms with Crippen molar-refractivity contribution < 1.29 is 9.90 Å². The van der Waals surface area contributed by atoms with Crippen LogP contribution in [-0.4, -0.2) is 23.7 Å². The van der Waals surface area contributed by atoms with E-state index >= 15 is 0 Å². The van der Waals surface area contributed by atoms with E-state index in [1.807, 2.05) is 25.1 Å². The molecule has 4 nitrogen and oxygen atoms in total. The summed E-state index contributed by atoms with van der Waals surface area (Å²) in [4.78, 5) is 12.7. The van der Waals surface area contributed by atoms with E-state index < -0.39 is 5.97 Å². The van der Waals surface area contributed by atoms with Gasteiger partial charge in [-0.05, 0) is 50.1 Å². The fourth-order valence-corrected chi connectivity index (χ4v) is 2.10. The zero-order valence-electron chi connectivity index (χ0n) is 12.1. The summed E-state index contributed by atoms with van der Waals surface area (Å²) in [6.07, 6.45) is 3.19. The van der Waals surface area contributed by atoms with Crippen LogP contribution in [0.2, 0.25) is 0 Å². The normalized spacial score (nSPS) is 10.8. The lowest BCUT2D eigenvalue weighted by Crippen LogP contribution is -2.32. The van der Waals surface area contributed by atoms with Crippen LogP contribution in [0.1, 0.15) is 31.4 Å². The Labute approximate surface area is 119 Å². The number of hydrogen-bond acceptors (Lipinski definition) is 3. The summed E-state index contributed by atoms with van der Waals surface area (Å²) in [7, 11) is 0. The van der Waals surface area contributed by atoms with E-state index in [1.54, 1.807) is 6.08 Å². The van der Waals surface area contributed by atoms with Gasteiger partial charge in [0.15, 0.2) is 0 Å². The molecule has 0 unspecified atom stereocenters. The maximum absolute atomic E-state index is 10.5. The molecule has 0 atom stereocenters. The minimum Gasteiger partial charge on any atom is -0.478 e. The lowest BCUT2D eigenvalue weighted by atomic mass is 10.1. The molecule has 4 heteroatoms. The molecule has 20 heavy (non-hydrogen) atoms. The number of carbonyl (C=O) groups is 1. The van der Waals surface area contributed by atoms with Gasteiger partial charge >= 0.3 is 5.97 Å². The van der Waals surface area contributed by atoms with E-state index in [0.29, 0.717) is 19.0 Å². The van der Waals surface area contributed by atoms with Gasteiger partial charge in [0.05, 0.1) is 12.5 Å². The average molecular weight is 272 g/mol. The van der Waals surface area contributed by atoms with Crippen LogP contribution in [0.3, 0.4) is 0 Å². The van der Waals surface area contributed by atoms with Crippen LogP contribution in [0.5, 0.6) is 0 Å². The first-order valence-electron chi connectivity index (χ1n) is 6.61. The summed E-state index contributed by atoms with van der Waals surface area (Å²) in [5.41, 5.74) is 3.02. The number of nitrogens with zero attached hydrogens (tertiary/aromatic N) is 2. The molecular formula is C16H20N2O2. The highest BCUT2D eigenvalue weighted by Gasteiger charge is 2.12. The number of rotatable bonds is 6. The molecule has 106 valence electrons. The highest BCUT2D eigenvalue weighted by Crippen LogP contribution is 2.24. The van der Waals surface area contributed by atoms with E-state index in [4.69, 9.17) is 10.4 Å². The third-order valence-corrected chi connectivity index (χ3v) is 3.04. The summed E-state index contributed by atoms with van der Waals surface area (Å²) < 4.78 is 0. The first kappa shape index (κ1) is 15.8. The molecule has 0 aromatic heterocycles. The molecule has 0 fully saturated rings. The van der Waals surface area contributed by atoms with Gasteiger partial charge in [-0.25, -0.2) is 4.79 Å². The van der Waals surface area contributed by atoms with Gasteiger partial charge in [-0.3, -0.25) is 0 Å². The zero-order chi connectivity index (χ0) is 15.1. The molecule has 0 saturated heterocycles. The van der Waals surface area contributed by atoms with Crippen LogP contribution in [0.4, 0.5) is 5.69 Å². The molecule has 0 amide bonds. The van der Waals surface area contributed by atoms with Crippen molar-refractivity contribution in [3.63, 3.8) is 0 Å². The first-order valence-corrected chi connectivity index (χ1v) is 6.61. The molecule has 0 radical (unpaired) electrons. The van der Waals surface area contributed by atoms with Gasteiger partial charge in [-0.2, -0.15) is 5.26 Å². The van der Waals surface area contributed by atoms with E-state index in [0.717, 1.165) is 22.9 Å². The van der Waals surface area contributed by atoms with Gasteiger partial charge in [0.25, 0.3) is 0 Å². The molecule has 0 spiro atoms. The predicted molar refractivity (Wildman–Crippen MR) is 80.6 cm³/mol. The van der Waals surface area contributed by atoms with Crippen molar-refractivity contribution in [2.75, 3.05) is 11.4 Å². The Kier molecular flexibility index (Phi) is 5.79. The minimum absolute atomic E-state index is 0.308. The summed E-state index contributed by atoms with van der Waals surface area (Å²) in [6.45, 7) is 6.87. The predicted octanol–water partition coefficient (Wildman–Crippen LogP) is 3.22. The Morgan fingerprint density at radius 1 is 1.50 bits per heavy atom. The van der Waals surface area contributed by atoms with Crippen LogP contribution in [0.25, 0.3) is 6.08 Å². The van der Waals surface area contributed by atoms with Crippen molar-refractivity contribution in [3.05, 3.63) is 35.4 Å². The second-order valence-corrected chi connectivity index (χ2v) is 4.91. The highest BCUT2D eigenvalue weighted by atomic mass is 16.4. The third-order valence-electron chi connectivity index (χ3n) is 3.04. The Balaban J connectivity index is 3.01. The number of aliphatic carboxylic acids is 1. The lowest BCUT2D eigenvalue weighted by Gasteiger charge is -2.29. The number of hydrogen-bond donors (Lipinski definition) is 1. The lowest BCUT2D eigenvalue weighted by molar-refractivity contribution is -0.131. The molecule has 0 bridgehead atoms. The van der Waals surface area contributed by atoms with Crippen LogP contribution >= 0.6 is 0 Å². The molecule has 0 aliphatic carbocycles. The van der Waals surface area contributed by atoms with Gasteiger partial charge in [0.2, 0.25) is 0 Å². The molecular weight excluding hydrogens is 252 g/mol. The largest absolute Gasteiger partial charge is 0.478 e. The monoisotopic (exact) mass is 272 g/mol. The highest BCUT2D eigenvalue weighted by molar-refractivity contribution is 5.85. The molecule has 1 aromatic carbocycles. The summed E-state index contributed by atoms with van der Waals surface area (Å²) in [5.74, 6) is -0.954. The Morgan fingerprint density at radius 2 is 2.20 bits per heavy atom. The van der Waals surface area contributed by atoms with E-state index in [-0.39, 0.29) is 0 Å². The maximum Gasteiger partial charge on any atom is 0.328 e. The summed E-state index contributed by atoms with van der Waals surface area (Å²) >= 11 is 0. The van der Waals surface area contributed by atoms with Gasteiger partial charge in [-0.1, -0.05) is 6.07 Å². The first-order chi connectivity index (χ1) is 9.45. The van der Waals surface area contributed by atoms with E-state index in [1.165, 1.54) is 0 Å². The summed E-state index contributed by atoms with van der Waals surface area (Å²) in [5, 5.41) is 17.4. The van der Waals surface area contributed by atoms with E-state index in [9.17, 15) is 4.79 Å². The average Bonchev–Trinajstić information content (AvgIpc) is 2.38. The minimum atomic E-state index is -0.954. The third kappa shape index (κ3) is 4.43. The number of carboxylic acids is 1. The number of nitriles is 1. The second kappa shape index (κ2) is 7.34. The maximum atomic E-state index is 10.5. The summed E-state index contributed by atoms with van der Waals surface area (Å²) in [6, 6.07) is 8.30. The molecule has 0 aliphatic heterocycles. The topological polar surface area (TPSA) is 64.3 Å². The van der Waals surface area contributed by atoms with Crippen molar-refractivity contribution in [1.82, 2.24) is 0 Å². The van der Waals surface area contributed by atoms with Crippen molar-refractivity contribution in [2.45, 2.75) is 33.2 Å². The smallest absolute Gasteiger partial charge is 0.328 e. The van der Waals surface area contributed by atoms with Crippen LogP contribution in [0.15, 0.2) is 24.3 Å². The number of aryl methyl sites for hydroxylation is 1. The van der Waals surface area contributed by atoms with E-state index in [2.05, 4.69) is 24.8 Å². The molecule has 1 N–H and O–H groups in total. The van der Waals surface area contributed by atoms with Crippen LogP contribution in [-0.2, 0) is 4.79 Å². The van der Waals surface area contributed by atoms with Crippen molar-refractivity contribution in [1.29, 1.82) is 5.26 Å². The molecule has 1 rings (SSSR count). The number of carboxylic acid groups (broad SMARTS) is 1. The van der Waals surface area contributed by atoms with Gasteiger partial charge in [0.1, 0.15) is 0 Å². The Bertz CT molecular complexity index is 542. The fraction of sp³-hybridized carbons (Fsp3) is 0.375. The molecule has 0 saturated carbocycles. The Morgan fingerprint density at radius 3 is 2.70 bits per heavy atom. The van der Waals surface area contributed by atoms with Crippen molar-refractivity contribution in [2.24, 2.45) is 0 Å². The van der Waals surface area contributed by atoms with Gasteiger partial charge < -0.3 is 10.0 Å². The Hall–Kier alpha value is -2.28. The van der Waals surface area contributed by atoms with Crippen molar-refractivity contribution >= 4 is 17.7 Å². The van der Waals surface area contributed by atoms with Gasteiger partial charge in [-0.15, -0.1) is 0 Å². The standard InChI is InChI=1S/C16H20N2O2/c1-12(2)18(10-4-9-17)15-7-5-14(11-13(15)3)6-8-16(19)20/h5-8,11-12H,4,10H2,1-3H3,(H,19,20). The molecule has 1 aromatic rings. The van der Waals surface area contributed by atoms with Gasteiger partial charge in [0, 0.05) is 24.4 Å². The van der Waals surface area contributed by atoms with Crippen molar-refractivity contribution in [3.8, 4) is 6.07 Å². The SMILES string of the molecule is Cc1cc(C=CC(=O)O)ccc1N(CCC#N)C(C)C. The van der Waals surface area contributed by atoms with Crippen LogP contribution < -0.4 is 4.90 Å². The molecule has 0 aliphatic rings.